The van der Waals surface area contributed by atoms with Crippen LogP contribution in [-0.2, 0) is 32.4 Å². The molecule has 1 aliphatic carbocycles. The molecule has 0 unspecified atom stereocenters. The Labute approximate surface area is 167 Å². The summed E-state index contributed by atoms with van der Waals surface area (Å²) in [6.07, 6.45) is 5.31. The van der Waals surface area contributed by atoms with Gasteiger partial charge in [-0.15, -0.1) is 0 Å². The molecule has 1 aromatic rings. The van der Waals surface area contributed by atoms with Crippen LogP contribution in [0.4, 0.5) is 0 Å². The van der Waals surface area contributed by atoms with Crippen molar-refractivity contribution in [2.24, 2.45) is 0 Å². The fourth-order valence-electron chi connectivity index (χ4n) is 4.28. The van der Waals surface area contributed by atoms with Gasteiger partial charge in [0, 0.05) is 39.3 Å². The van der Waals surface area contributed by atoms with Crippen molar-refractivity contribution in [1.29, 1.82) is 0 Å². The molecule has 7 nitrogen and oxygen atoms in total. The molecule has 0 saturated carbocycles. The minimum Gasteiger partial charge on any atom is -0.376 e. The van der Waals surface area contributed by atoms with E-state index in [1.54, 1.807) is 10.4 Å². The number of sulfonamides is 1. The zero-order valence-corrected chi connectivity index (χ0v) is 17.0. The summed E-state index contributed by atoms with van der Waals surface area (Å²) in [6.45, 7) is 3.61. The van der Waals surface area contributed by atoms with Gasteiger partial charge in [-0.3, -0.25) is 9.69 Å². The second kappa shape index (κ2) is 8.49. The molecule has 8 heteroatoms. The molecule has 0 radical (unpaired) electrons. The van der Waals surface area contributed by atoms with E-state index in [4.69, 9.17) is 4.74 Å². The van der Waals surface area contributed by atoms with Crippen LogP contribution in [-0.4, -0.2) is 75.5 Å². The molecule has 1 aromatic carbocycles. The van der Waals surface area contributed by atoms with Crippen LogP contribution >= 0.6 is 0 Å². The molecule has 0 bridgehead atoms. The van der Waals surface area contributed by atoms with Gasteiger partial charge in [-0.25, -0.2) is 8.42 Å². The summed E-state index contributed by atoms with van der Waals surface area (Å²) in [7, 11) is -3.47. The quantitative estimate of drug-likeness (QED) is 0.754. The van der Waals surface area contributed by atoms with Crippen molar-refractivity contribution in [2.45, 2.75) is 43.1 Å². The number of rotatable bonds is 6. The molecule has 3 aliphatic rings. The van der Waals surface area contributed by atoms with E-state index in [0.717, 1.165) is 38.7 Å². The van der Waals surface area contributed by atoms with Crippen molar-refractivity contribution in [1.82, 2.24) is 14.5 Å². The Morgan fingerprint density at radius 1 is 1.11 bits per heavy atom. The number of carbonyl (C=O) groups is 1. The van der Waals surface area contributed by atoms with E-state index in [1.165, 1.54) is 11.1 Å². The average molecular weight is 408 g/mol. The number of ether oxygens (including phenoxy) is 1. The van der Waals surface area contributed by atoms with Gasteiger partial charge in [0.25, 0.3) is 0 Å². The van der Waals surface area contributed by atoms with Crippen LogP contribution in [0.25, 0.3) is 0 Å². The van der Waals surface area contributed by atoms with Gasteiger partial charge >= 0.3 is 0 Å². The second-order valence-electron chi connectivity index (χ2n) is 7.90. The molecular weight excluding hydrogens is 378 g/mol. The molecule has 2 heterocycles. The lowest BCUT2D eigenvalue weighted by molar-refractivity contribution is -0.123. The first-order valence-electron chi connectivity index (χ1n) is 10.2. The molecule has 2 fully saturated rings. The lowest BCUT2D eigenvalue weighted by Gasteiger charge is -2.33. The predicted octanol–water partition coefficient (Wildman–Crippen LogP) is 0.777. The molecule has 154 valence electrons. The third-order valence-corrected chi connectivity index (χ3v) is 7.85. The van der Waals surface area contributed by atoms with E-state index in [0.29, 0.717) is 44.2 Å². The third-order valence-electron chi connectivity index (χ3n) is 5.96. The smallest absolute Gasteiger partial charge is 0.243 e. The number of carbonyl (C=O) groups excluding carboxylic acids is 1. The Bertz CT molecular complexity index is 813. The maximum Gasteiger partial charge on any atom is 0.243 e. The Kier molecular flexibility index (Phi) is 6.01. The average Bonchev–Trinajstić information content (AvgIpc) is 3.38. The number of hydrogen-bond donors (Lipinski definition) is 1. The summed E-state index contributed by atoms with van der Waals surface area (Å²) in [5.74, 6) is -0.0228. The van der Waals surface area contributed by atoms with Gasteiger partial charge in [-0.1, -0.05) is 6.07 Å². The fraction of sp³-hybridized carbons (Fsp3) is 0.650. The van der Waals surface area contributed by atoms with Crippen LogP contribution in [0.1, 0.15) is 30.4 Å². The van der Waals surface area contributed by atoms with E-state index < -0.39 is 10.0 Å². The predicted molar refractivity (Wildman–Crippen MR) is 106 cm³/mol. The zero-order chi connectivity index (χ0) is 19.6. The van der Waals surface area contributed by atoms with Crippen LogP contribution in [0, 0.1) is 0 Å². The molecule has 0 aromatic heterocycles. The fourth-order valence-corrected chi connectivity index (χ4v) is 5.75. The standard InChI is InChI=1S/C20H29N3O4S/c24-20(21-14-18-5-2-12-27-18)15-22-8-10-23(11-9-22)28(25,26)19-7-6-16-3-1-4-17(16)13-19/h6-7,13,18H,1-5,8-12,14-15H2,(H,21,24)/t18-/m1/s1. The Morgan fingerprint density at radius 2 is 1.89 bits per heavy atom. The minimum atomic E-state index is -3.47. The van der Waals surface area contributed by atoms with E-state index in [-0.39, 0.29) is 12.0 Å². The van der Waals surface area contributed by atoms with Gasteiger partial charge in [0.05, 0.1) is 17.5 Å². The molecule has 1 amide bonds. The molecule has 2 aliphatic heterocycles. The second-order valence-corrected chi connectivity index (χ2v) is 9.84. The number of fused-ring (bicyclic) bond motifs is 1. The molecule has 0 spiro atoms. The normalized spacial score (nSPS) is 23.6. The van der Waals surface area contributed by atoms with E-state index in [1.807, 2.05) is 17.0 Å². The number of aryl methyl sites for hydroxylation is 2. The minimum absolute atomic E-state index is 0.0228. The highest BCUT2D eigenvalue weighted by Crippen LogP contribution is 2.26. The van der Waals surface area contributed by atoms with Gasteiger partial charge in [0.15, 0.2) is 0 Å². The van der Waals surface area contributed by atoms with Crippen LogP contribution in [0.3, 0.4) is 0 Å². The maximum atomic E-state index is 13.0. The van der Waals surface area contributed by atoms with Crippen molar-refractivity contribution in [3.05, 3.63) is 29.3 Å². The zero-order valence-electron chi connectivity index (χ0n) is 16.2. The van der Waals surface area contributed by atoms with Crippen LogP contribution in [0.2, 0.25) is 0 Å². The summed E-state index contributed by atoms with van der Waals surface area (Å²) in [5.41, 5.74) is 2.44. The summed E-state index contributed by atoms with van der Waals surface area (Å²) in [6, 6.07) is 5.55. The van der Waals surface area contributed by atoms with E-state index >= 15 is 0 Å². The van der Waals surface area contributed by atoms with Crippen LogP contribution < -0.4 is 5.32 Å². The topological polar surface area (TPSA) is 79.0 Å². The number of piperazine rings is 1. The van der Waals surface area contributed by atoms with Gasteiger partial charge < -0.3 is 10.1 Å². The van der Waals surface area contributed by atoms with Crippen LogP contribution in [0.5, 0.6) is 0 Å². The SMILES string of the molecule is O=C(CN1CCN(S(=O)(=O)c2ccc3c(c2)CCC3)CC1)NC[C@H]1CCCO1. The Morgan fingerprint density at radius 3 is 2.64 bits per heavy atom. The van der Waals surface area contributed by atoms with Gasteiger partial charge in [0.2, 0.25) is 15.9 Å². The number of benzene rings is 1. The van der Waals surface area contributed by atoms with Crippen molar-refractivity contribution >= 4 is 15.9 Å². The Balaban J connectivity index is 1.28. The first kappa shape index (κ1) is 19.8. The first-order valence-corrected chi connectivity index (χ1v) is 11.7. The highest BCUT2D eigenvalue weighted by Gasteiger charge is 2.30. The van der Waals surface area contributed by atoms with Crippen molar-refractivity contribution in [3.63, 3.8) is 0 Å². The lowest BCUT2D eigenvalue weighted by Crippen LogP contribution is -2.51. The molecule has 1 atom stereocenters. The Hall–Kier alpha value is -1.48. The van der Waals surface area contributed by atoms with E-state index in [9.17, 15) is 13.2 Å². The van der Waals surface area contributed by atoms with Gasteiger partial charge in [0.1, 0.15) is 0 Å². The molecular formula is C20H29N3O4S. The van der Waals surface area contributed by atoms with Crippen molar-refractivity contribution in [3.8, 4) is 0 Å². The number of nitrogens with one attached hydrogen (secondary N) is 1. The van der Waals surface area contributed by atoms with Gasteiger partial charge in [-0.05, 0) is 55.4 Å². The number of hydrogen-bond acceptors (Lipinski definition) is 5. The summed E-state index contributed by atoms with van der Waals surface area (Å²) in [5, 5.41) is 2.93. The van der Waals surface area contributed by atoms with E-state index in [2.05, 4.69) is 5.32 Å². The summed E-state index contributed by atoms with van der Waals surface area (Å²) < 4.78 is 33.0. The summed E-state index contributed by atoms with van der Waals surface area (Å²) >= 11 is 0. The molecule has 28 heavy (non-hydrogen) atoms. The number of amides is 1. The van der Waals surface area contributed by atoms with Crippen molar-refractivity contribution in [2.75, 3.05) is 45.9 Å². The number of nitrogens with zero attached hydrogens (tertiary/aromatic N) is 2. The molecule has 1 N–H and O–H groups in total. The lowest BCUT2D eigenvalue weighted by atomic mass is 10.1. The highest BCUT2D eigenvalue weighted by molar-refractivity contribution is 7.89. The first-order chi connectivity index (χ1) is 13.5. The molecule has 4 rings (SSSR count). The largest absolute Gasteiger partial charge is 0.376 e. The van der Waals surface area contributed by atoms with Crippen molar-refractivity contribution < 1.29 is 17.9 Å². The molecule has 2 saturated heterocycles. The maximum absolute atomic E-state index is 13.0. The van der Waals surface area contributed by atoms with Gasteiger partial charge in [-0.2, -0.15) is 4.31 Å². The monoisotopic (exact) mass is 407 g/mol. The third kappa shape index (κ3) is 4.40. The van der Waals surface area contributed by atoms with Crippen LogP contribution in [0.15, 0.2) is 23.1 Å². The highest BCUT2D eigenvalue weighted by atomic mass is 32.2. The summed E-state index contributed by atoms with van der Waals surface area (Å²) in [4.78, 5) is 14.5.